The number of aliphatic carboxylic acids is 1. The van der Waals surface area contributed by atoms with E-state index in [-0.39, 0.29) is 41.0 Å². The molecule has 1 heterocycles. The Balaban J connectivity index is 2.12. The summed E-state index contributed by atoms with van der Waals surface area (Å²) < 4.78 is 5.12. The number of ether oxygens (including phenoxy) is 1. The summed E-state index contributed by atoms with van der Waals surface area (Å²) in [5, 5.41) is 20.4. The first-order chi connectivity index (χ1) is 12.2. The van der Waals surface area contributed by atoms with E-state index in [4.69, 9.17) is 10.5 Å². The van der Waals surface area contributed by atoms with Crippen LogP contribution in [0.25, 0.3) is 0 Å². The summed E-state index contributed by atoms with van der Waals surface area (Å²) in [6, 6.07) is 2.73. The summed E-state index contributed by atoms with van der Waals surface area (Å²) in [6.45, 7) is 0.148. The minimum atomic E-state index is -1.13. The number of carbonyl (C=O) groups excluding carboxylic acids is 2. The van der Waals surface area contributed by atoms with Crippen molar-refractivity contribution < 1.29 is 29.2 Å². The number of nitrogens with two attached hydrogens (primary N) is 1. The largest absolute Gasteiger partial charge is 0.480 e. The summed E-state index contributed by atoms with van der Waals surface area (Å²) in [5.41, 5.74) is 4.76. The highest BCUT2D eigenvalue weighted by Crippen LogP contribution is 2.31. The summed E-state index contributed by atoms with van der Waals surface area (Å²) in [6.07, 6.45) is -0.176. The van der Waals surface area contributed by atoms with Gasteiger partial charge in [0.15, 0.2) is 0 Å². The first kappa shape index (κ1) is 19.7. The highest BCUT2D eigenvalue weighted by atomic mass is 32.2. The number of benzene rings is 1. The zero-order chi connectivity index (χ0) is 19.4. The van der Waals surface area contributed by atoms with Gasteiger partial charge in [0.05, 0.1) is 21.7 Å². The third-order valence-electron chi connectivity index (χ3n) is 3.99. The second-order valence-corrected chi connectivity index (χ2v) is 6.60. The van der Waals surface area contributed by atoms with E-state index in [9.17, 15) is 29.6 Å². The Hall–Kier alpha value is -2.66. The maximum absolute atomic E-state index is 12.4. The van der Waals surface area contributed by atoms with E-state index in [1.54, 1.807) is 0 Å². The Bertz CT molecular complexity index is 755. The molecular weight excluding hydrogens is 366 g/mol. The SMILES string of the molecule is COC1CC(C(=O)O)N(C(=O)CSc2ccc(C(N)=O)cc2[N+](=O)[O-])C1. The zero-order valence-electron chi connectivity index (χ0n) is 13.8. The van der Waals surface area contributed by atoms with Crippen LogP contribution >= 0.6 is 11.8 Å². The van der Waals surface area contributed by atoms with Gasteiger partial charge in [0.1, 0.15) is 6.04 Å². The summed E-state index contributed by atoms with van der Waals surface area (Å²) in [7, 11) is 1.44. The minimum Gasteiger partial charge on any atom is -0.480 e. The molecule has 0 aromatic heterocycles. The number of carboxylic acids is 1. The number of nitrogens with zero attached hydrogens (tertiary/aromatic N) is 2. The molecule has 2 unspecified atom stereocenters. The van der Waals surface area contributed by atoms with Crippen LogP contribution in [-0.2, 0) is 14.3 Å². The first-order valence-corrected chi connectivity index (χ1v) is 8.49. The van der Waals surface area contributed by atoms with Crippen LogP contribution < -0.4 is 5.73 Å². The van der Waals surface area contributed by atoms with Gasteiger partial charge in [0.25, 0.3) is 5.69 Å². The molecule has 0 radical (unpaired) electrons. The summed E-state index contributed by atoms with van der Waals surface area (Å²) in [4.78, 5) is 46.7. The summed E-state index contributed by atoms with van der Waals surface area (Å²) >= 11 is 0.895. The van der Waals surface area contributed by atoms with Crippen LogP contribution in [-0.4, -0.2) is 64.3 Å². The van der Waals surface area contributed by atoms with E-state index < -0.39 is 28.7 Å². The molecule has 140 valence electrons. The van der Waals surface area contributed by atoms with Crippen molar-refractivity contribution in [2.75, 3.05) is 19.4 Å². The Labute approximate surface area is 152 Å². The molecule has 1 aliphatic heterocycles. The van der Waals surface area contributed by atoms with Gasteiger partial charge >= 0.3 is 5.97 Å². The van der Waals surface area contributed by atoms with Gasteiger partial charge in [-0.2, -0.15) is 0 Å². The van der Waals surface area contributed by atoms with Gasteiger partial charge in [-0.15, -0.1) is 11.8 Å². The van der Waals surface area contributed by atoms with Gasteiger partial charge in [-0.05, 0) is 12.1 Å². The highest BCUT2D eigenvalue weighted by molar-refractivity contribution is 8.00. The van der Waals surface area contributed by atoms with Crippen LogP contribution in [0, 0.1) is 10.1 Å². The predicted molar refractivity (Wildman–Crippen MR) is 90.9 cm³/mol. The van der Waals surface area contributed by atoms with Gasteiger partial charge < -0.3 is 20.5 Å². The number of hydrogen-bond donors (Lipinski definition) is 2. The lowest BCUT2D eigenvalue weighted by atomic mass is 10.2. The lowest BCUT2D eigenvalue weighted by molar-refractivity contribution is -0.387. The third kappa shape index (κ3) is 4.29. The molecule has 2 rings (SSSR count). The van der Waals surface area contributed by atoms with Gasteiger partial charge in [0.2, 0.25) is 11.8 Å². The van der Waals surface area contributed by atoms with Crippen molar-refractivity contribution in [1.29, 1.82) is 0 Å². The number of nitro groups is 1. The van der Waals surface area contributed by atoms with Gasteiger partial charge in [-0.1, -0.05) is 0 Å². The lowest BCUT2D eigenvalue weighted by Crippen LogP contribution is -2.41. The quantitative estimate of drug-likeness (QED) is 0.392. The van der Waals surface area contributed by atoms with Gasteiger partial charge in [-0.25, -0.2) is 4.79 Å². The average Bonchev–Trinajstić information content (AvgIpc) is 3.04. The molecule has 2 atom stereocenters. The van der Waals surface area contributed by atoms with E-state index in [1.807, 2.05) is 0 Å². The van der Waals surface area contributed by atoms with E-state index >= 15 is 0 Å². The van der Waals surface area contributed by atoms with Crippen molar-refractivity contribution in [2.45, 2.75) is 23.5 Å². The molecule has 0 bridgehead atoms. The monoisotopic (exact) mass is 383 g/mol. The second kappa shape index (κ2) is 8.15. The molecule has 1 fully saturated rings. The minimum absolute atomic E-state index is 0.0132. The average molecular weight is 383 g/mol. The molecule has 1 aliphatic rings. The van der Waals surface area contributed by atoms with Crippen LogP contribution in [0.5, 0.6) is 0 Å². The molecule has 11 heteroatoms. The van der Waals surface area contributed by atoms with Crippen LogP contribution in [0.2, 0.25) is 0 Å². The van der Waals surface area contributed by atoms with Gasteiger partial charge in [-0.3, -0.25) is 19.7 Å². The van der Waals surface area contributed by atoms with Crippen molar-refractivity contribution in [3.63, 3.8) is 0 Å². The number of carbonyl (C=O) groups is 3. The van der Waals surface area contributed by atoms with Crippen molar-refractivity contribution in [3.8, 4) is 0 Å². The number of carboxylic acid groups (broad SMARTS) is 1. The van der Waals surface area contributed by atoms with Crippen LogP contribution in [0.15, 0.2) is 23.1 Å². The number of amides is 2. The number of hydrogen-bond acceptors (Lipinski definition) is 7. The molecule has 2 amide bonds. The molecule has 0 aliphatic carbocycles. The van der Waals surface area contributed by atoms with E-state index in [0.29, 0.717) is 0 Å². The standard InChI is InChI=1S/C15H17N3O7S/c1-25-9-5-11(15(21)22)17(6-9)13(19)7-26-12-3-2-8(14(16)20)4-10(12)18(23)24/h2-4,9,11H,5-7H2,1H3,(H2,16,20)(H,21,22). The first-order valence-electron chi connectivity index (χ1n) is 7.50. The van der Waals surface area contributed by atoms with Crippen LogP contribution in [0.4, 0.5) is 5.69 Å². The van der Waals surface area contributed by atoms with E-state index in [2.05, 4.69) is 0 Å². The summed E-state index contributed by atoms with van der Waals surface area (Å²) in [5.74, 6) is -2.57. The second-order valence-electron chi connectivity index (χ2n) is 5.59. The number of primary amides is 1. The highest BCUT2D eigenvalue weighted by Gasteiger charge is 2.39. The van der Waals surface area contributed by atoms with Crippen molar-refractivity contribution in [3.05, 3.63) is 33.9 Å². The van der Waals surface area contributed by atoms with E-state index in [0.717, 1.165) is 17.8 Å². The Morgan fingerprint density at radius 3 is 2.69 bits per heavy atom. The molecule has 1 saturated heterocycles. The molecule has 0 saturated carbocycles. The normalized spacial score (nSPS) is 19.3. The zero-order valence-corrected chi connectivity index (χ0v) is 14.6. The third-order valence-corrected chi connectivity index (χ3v) is 5.04. The number of thioether (sulfide) groups is 1. The molecular formula is C15H17N3O7S. The Morgan fingerprint density at radius 1 is 1.46 bits per heavy atom. The van der Waals surface area contributed by atoms with Crippen LogP contribution in [0.1, 0.15) is 16.8 Å². The van der Waals surface area contributed by atoms with Crippen molar-refractivity contribution in [2.24, 2.45) is 5.73 Å². The lowest BCUT2D eigenvalue weighted by Gasteiger charge is -2.21. The molecule has 3 N–H and O–H groups in total. The molecule has 0 spiro atoms. The van der Waals surface area contributed by atoms with E-state index in [1.165, 1.54) is 24.1 Å². The smallest absolute Gasteiger partial charge is 0.326 e. The maximum atomic E-state index is 12.4. The van der Waals surface area contributed by atoms with Crippen molar-refractivity contribution >= 4 is 35.2 Å². The van der Waals surface area contributed by atoms with Gasteiger partial charge in [0, 0.05) is 31.7 Å². The fourth-order valence-electron chi connectivity index (χ4n) is 2.64. The fourth-order valence-corrected chi connectivity index (χ4v) is 3.53. The number of nitro benzene ring substituents is 1. The Morgan fingerprint density at radius 2 is 2.15 bits per heavy atom. The maximum Gasteiger partial charge on any atom is 0.326 e. The molecule has 1 aromatic carbocycles. The molecule has 26 heavy (non-hydrogen) atoms. The fraction of sp³-hybridized carbons (Fsp3) is 0.400. The topological polar surface area (TPSA) is 153 Å². The predicted octanol–water partition coefficient (Wildman–Crippen LogP) is 0.486. The van der Waals surface area contributed by atoms with Crippen molar-refractivity contribution in [1.82, 2.24) is 4.90 Å². The van der Waals surface area contributed by atoms with Crippen LogP contribution in [0.3, 0.4) is 0 Å². The number of likely N-dealkylation sites (tertiary alicyclic amines) is 1. The molecule has 10 nitrogen and oxygen atoms in total. The Kier molecular flexibility index (Phi) is 6.16. The molecule has 1 aromatic rings. The number of methoxy groups -OCH3 is 1. The number of rotatable bonds is 7.